The summed E-state index contributed by atoms with van der Waals surface area (Å²) in [5.74, 6) is 1.94. The molecule has 0 unspecified atom stereocenters. The Morgan fingerprint density at radius 1 is 1.10 bits per heavy atom. The molecule has 0 radical (unpaired) electrons. The molecule has 6 nitrogen and oxygen atoms in total. The van der Waals surface area contributed by atoms with Crippen LogP contribution in [0.1, 0.15) is 31.5 Å². The van der Waals surface area contributed by atoms with E-state index in [1.165, 1.54) is 30.7 Å². The normalized spacial score (nSPS) is 13.4. The number of fused-ring (bicyclic) bond motifs is 1. The monoisotopic (exact) mass is 394 g/mol. The minimum absolute atomic E-state index is 0.149. The van der Waals surface area contributed by atoms with Gasteiger partial charge in [0.1, 0.15) is 17.4 Å². The number of ether oxygens (including phenoxy) is 1. The second-order valence-electron chi connectivity index (χ2n) is 7.08. The Hall–Kier alpha value is -3.22. The number of nitrogens with one attached hydrogen (secondary N) is 1. The highest BCUT2D eigenvalue weighted by atomic mass is 19.1. The summed E-state index contributed by atoms with van der Waals surface area (Å²) in [6.45, 7) is 1.14. The summed E-state index contributed by atoms with van der Waals surface area (Å²) in [4.78, 5) is 12.2. The van der Waals surface area contributed by atoms with E-state index in [2.05, 4.69) is 20.1 Å². The second-order valence-corrected chi connectivity index (χ2v) is 7.08. The first-order chi connectivity index (χ1) is 14.2. The van der Waals surface area contributed by atoms with Crippen LogP contribution in [-0.2, 0) is 17.8 Å². The van der Waals surface area contributed by atoms with E-state index in [1.807, 2.05) is 24.3 Å². The number of carbonyl (C=O) groups excluding carboxylic acids is 1. The highest BCUT2D eigenvalue weighted by Gasteiger charge is 2.16. The van der Waals surface area contributed by atoms with Gasteiger partial charge in [-0.3, -0.25) is 4.79 Å². The SMILES string of the molecule is O=C(CCOc1ccc(F)cc1)Nc1cccc(-c2nnc3n2CCCCC3)c1. The Morgan fingerprint density at radius 3 is 2.83 bits per heavy atom. The van der Waals surface area contributed by atoms with Crippen LogP contribution in [0.2, 0.25) is 0 Å². The van der Waals surface area contributed by atoms with Gasteiger partial charge < -0.3 is 14.6 Å². The Kier molecular flexibility index (Phi) is 5.84. The fourth-order valence-corrected chi connectivity index (χ4v) is 3.45. The number of nitrogens with zero attached hydrogens (tertiary/aromatic N) is 3. The molecule has 3 aromatic rings. The van der Waals surface area contributed by atoms with E-state index in [9.17, 15) is 9.18 Å². The first-order valence-electron chi connectivity index (χ1n) is 9.90. The van der Waals surface area contributed by atoms with E-state index in [0.29, 0.717) is 11.4 Å². The summed E-state index contributed by atoms with van der Waals surface area (Å²) in [5, 5.41) is 11.6. The molecule has 1 aliphatic heterocycles. The van der Waals surface area contributed by atoms with Gasteiger partial charge in [-0.1, -0.05) is 18.6 Å². The maximum absolute atomic E-state index is 12.9. The van der Waals surface area contributed by atoms with Gasteiger partial charge in [-0.05, 0) is 49.2 Å². The number of aryl methyl sites for hydroxylation is 1. The van der Waals surface area contributed by atoms with Crippen LogP contribution in [0.5, 0.6) is 5.75 Å². The van der Waals surface area contributed by atoms with E-state index in [0.717, 1.165) is 43.0 Å². The van der Waals surface area contributed by atoms with E-state index in [1.54, 1.807) is 0 Å². The van der Waals surface area contributed by atoms with Crippen molar-refractivity contribution < 1.29 is 13.9 Å². The van der Waals surface area contributed by atoms with Gasteiger partial charge in [0.05, 0.1) is 13.0 Å². The molecule has 29 heavy (non-hydrogen) atoms. The highest BCUT2D eigenvalue weighted by Crippen LogP contribution is 2.25. The highest BCUT2D eigenvalue weighted by molar-refractivity contribution is 5.91. The van der Waals surface area contributed by atoms with Crippen LogP contribution in [0.4, 0.5) is 10.1 Å². The van der Waals surface area contributed by atoms with E-state index < -0.39 is 0 Å². The molecule has 0 saturated heterocycles. The average Bonchev–Trinajstić information content (AvgIpc) is 2.98. The van der Waals surface area contributed by atoms with Crippen LogP contribution in [0, 0.1) is 5.82 Å². The maximum atomic E-state index is 12.9. The Balaban J connectivity index is 1.37. The van der Waals surface area contributed by atoms with Crippen LogP contribution in [0.15, 0.2) is 48.5 Å². The molecule has 1 N–H and O–H groups in total. The smallest absolute Gasteiger partial charge is 0.227 e. The van der Waals surface area contributed by atoms with E-state index in [4.69, 9.17) is 4.74 Å². The molecular formula is C22H23FN4O2. The number of benzene rings is 2. The Labute approximate surface area is 168 Å². The standard InChI is InChI=1S/C22H23FN4O2/c23-17-8-10-19(11-9-17)29-14-12-21(28)24-18-6-4-5-16(15-18)22-26-25-20-7-2-1-3-13-27(20)22/h4-6,8-11,15H,1-3,7,12-14H2,(H,24,28). The summed E-state index contributed by atoms with van der Waals surface area (Å²) < 4.78 is 20.6. The molecule has 0 saturated carbocycles. The quantitative estimate of drug-likeness (QED) is 0.680. The molecule has 2 heterocycles. The minimum Gasteiger partial charge on any atom is -0.493 e. The zero-order valence-electron chi connectivity index (χ0n) is 16.1. The topological polar surface area (TPSA) is 69.0 Å². The fourth-order valence-electron chi connectivity index (χ4n) is 3.45. The predicted molar refractivity (Wildman–Crippen MR) is 108 cm³/mol. The summed E-state index contributed by atoms with van der Waals surface area (Å²) in [5.41, 5.74) is 1.64. The van der Waals surface area contributed by atoms with Crippen molar-refractivity contribution >= 4 is 11.6 Å². The number of carbonyl (C=O) groups is 1. The zero-order valence-corrected chi connectivity index (χ0v) is 16.1. The molecule has 1 aliphatic rings. The van der Waals surface area contributed by atoms with Crippen molar-refractivity contribution in [2.75, 3.05) is 11.9 Å². The molecule has 4 rings (SSSR count). The number of amides is 1. The third-order valence-electron chi connectivity index (χ3n) is 4.93. The molecular weight excluding hydrogens is 371 g/mol. The zero-order chi connectivity index (χ0) is 20.1. The third kappa shape index (κ3) is 4.80. The minimum atomic E-state index is -0.320. The molecule has 0 atom stereocenters. The van der Waals surface area contributed by atoms with Crippen LogP contribution in [-0.4, -0.2) is 27.3 Å². The summed E-state index contributed by atoms with van der Waals surface area (Å²) in [6.07, 6.45) is 4.63. The van der Waals surface area contributed by atoms with E-state index in [-0.39, 0.29) is 24.8 Å². The maximum Gasteiger partial charge on any atom is 0.227 e. The van der Waals surface area contributed by atoms with Crippen LogP contribution < -0.4 is 10.1 Å². The van der Waals surface area contributed by atoms with Crippen molar-refractivity contribution in [1.29, 1.82) is 0 Å². The van der Waals surface area contributed by atoms with Gasteiger partial charge in [0.2, 0.25) is 5.91 Å². The number of rotatable bonds is 6. The Bertz CT molecular complexity index is 985. The van der Waals surface area contributed by atoms with Gasteiger partial charge in [-0.15, -0.1) is 10.2 Å². The largest absolute Gasteiger partial charge is 0.493 e. The fraction of sp³-hybridized carbons (Fsp3) is 0.318. The van der Waals surface area contributed by atoms with Crippen LogP contribution >= 0.6 is 0 Å². The second kappa shape index (κ2) is 8.86. The lowest BCUT2D eigenvalue weighted by Crippen LogP contribution is -2.15. The van der Waals surface area contributed by atoms with Gasteiger partial charge in [-0.2, -0.15) is 0 Å². The lowest BCUT2D eigenvalue weighted by molar-refractivity contribution is -0.116. The number of hydrogen-bond acceptors (Lipinski definition) is 4. The van der Waals surface area contributed by atoms with Crippen molar-refractivity contribution in [2.45, 2.75) is 38.6 Å². The molecule has 0 spiro atoms. The molecule has 1 aromatic heterocycles. The number of aromatic nitrogens is 3. The predicted octanol–water partition coefficient (Wildman–Crippen LogP) is 4.22. The van der Waals surface area contributed by atoms with Crippen LogP contribution in [0.25, 0.3) is 11.4 Å². The van der Waals surface area contributed by atoms with Crippen molar-refractivity contribution in [3.05, 3.63) is 60.2 Å². The molecule has 2 aromatic carbocycles. The van der Waals surface area contributed by atoms with E-state index >= 15 is 0 Å². The summed E-state index contributed by atoms with van der Waals surface area (Å²) >= 11 is 0. The average molecular weight is 394 g/mol. The molecule has 0 fully saturated rings. The van der Waals surface area contributed by atoms with Gasteiger partial charge in [0.25, 0.3) is 0 Å². The number of halogens is 1. The molecule has 0 bridgehead atoms. The lowest BCUT2D eigenvalue weighted by atomic mass is 10.2. The number of hydrogen-bond donors (Lipinski definition) is 1. The molecule has 7 heteroatoms. The first-order valence-corrected chi connectivity index (χ1v) is 9.90. The summed E-state index contributed by atoms with van der Waals surface area (Å²) in [6, 6.07) is 13.4. The molecule has 1 amide bonds. The van der Waals surface area contributed by atoms with Gasteiger partial charge in [0.15, 0.2) is 5.82 Å². The van der Waals surface area contributed by atoms with Crippen molar-refractivity contribution in [2.24, 2.45) is 0 Å². The molecule has 150 valence electrons. The Morgan fingerprint density at radius 2 is 1.97 bits per heavy atom. The van der Waals surface area contributed by atoms with Crippen molar-refractivity contribution in [1.82, 2.24) is 14.8 Å². The lowest BCUT2D eigenvalue weighted by Gasteiger charge is -2.10. The third-order valence-corrected chi connectivity index (χ3v) is 4.93. The molecule has 0 aliphatic carbocycles. The van der Waals surface area contributed by atoms with Crippen LogP contribution in [0.3, 0.4) is 0 Å². The van der Waals surface area contributed by atoms with Crippen molar-refractivity contribution in [3.8, 4) is 17.1 Å². The van der Waals surface area contributed by atoms with Gasteiger partial charge in [0, 0.05) is 24.2 Å². The number of anilines is 1. The van der Waals surface area contributed by atoms with Crippen molar-refractivity contribution in [3.63, 3.8) is 0 Å². The van der Waals surface area contributed by atoms with Gasteiger partial charge in [-0.25, -0.2) is 4.39 Å². The summed E-state index contributed by atoms with van der Waals surface area (Å²) in [7, 11) is 0. The van der Waals surface area contributed by atoms with Gasteiger partial charge >= 0.3 is 0 Å². The first kappa shape index (κ1) is 19.1.